The number of hydrogen-bond donors (Lipinski definition) is 2. The van der Waals surface area contributed by atoms with Gasteiger partial charge in [-0.25, -0.2) is 9.97 Å². The van der Waals surface area contributed by atoms with E-state index in [2.05, 4.69) is 34.2 Å². The molecule has 8 nitrogen and oxygen atoms in total. The predicted octanol–water partition coefficient (Wildman–Crippen LogP) is 2.36. The smallest absolute Gasteiger partial charge is 0.276 e. The third kappa shape index (κ3) is 2.83. The fourth-order valence-corrected chi connectivity index (χ4v) is 3.79. The summed E-state index contributed by atoms with van der Waals surface area (Å²) < 4.78 is 1.66. The van der Waals surface area contributed by atoms with Gasteiger partial charge in [0.1, 0.15) is 6.29 Å². The summed E-state index contributed by atoms with van der Waals surface area (Å²) in [5, 5.41) is 7.33. The van der Waals surface area contributed by atoms with E-state index in [-0.39, 0.29) is 17.3 Å². The van der Waals surface area contributed by atoms with Gasteiger partial charge < -0.3 is 11.1 Å². The van der Waals surface area contributed by atoms with Crippen molar-refractivity contribution < 1.29 is 9.59 Å². The molecule has 2 heterocycles. The number of hydrogen-bond acceptors (Lipinski definition) is 6. The molecule has 0 atom stereocenters. The second-order valence-corrected chi connectivity index (χ2v) is 7.56. The molecule has 3 aromatic rings. The lowest BCUT2D eigenvalue weighted by Gasteiger charge is -2.31. The summed E-state index contributed by atoms with van der Waals surface area (Å²) in [6, 6.07) is 6.74. The topological polar surface area (TPSA) is 116 Å². The van der Waals surface area contributed by atoms with E-state index in [9.17, 15) is 9.59 Å². The van der Waals surface area contributed by atoms with E-state index in [0.717, 1.165) is 23.1 Å². The number of fused-ring (bicyclic) bond motifs is 3. The van der Waals surface area contributed by atoms with Gasteiger partial charge in [-0.15, -0.1) is 0 Å². The summed E-state index contributed by atoms with van der Waals surface area (Å²) in [7, 11) is 1.78. The largest absolute Gasteiger partial charge is 0.368 e. The SMILES string of the molecule is Cn1nc(C(=O)Nc2cccc(C=O)c2)c2c1-c1nc(N)ncc1CC2(C)C. The quantitative estimate of drug-likeness (QED) is 0.678. The average molecular weight is 376 g/mol. The molecule has 0 unspecified atom stereocenters. The Morgan fingerprint density at radius 2 is 2.14 bits per heavy atom. The first-order valence-corrected chi connectivity index (χ1v) is 8.86. The van der Waals surface area contributed by atoms with E-state index in [1.165, 1.54) is 0 Å². The van der Waals surface area contributed by atoms with Crippen LogP contribution in [0.4, 0.5) is 11.6 Å². The molecule has 3 N–H and O–H groups in total. The van der Waals surface area contributed by atoms with E-state index in [0.29, 0.717) is 29.1 Å². The Balaban J connectivity index is 1.81. The van der Waals surface area contributed by atoms with Crippen molar-refractivity contribution in [3.63, 3.8) is 0 Å². The van der Waals surface area contributed by atoms with Gasteiger partial charge in [-0.2, -0.15) is 5.10 Å². The summed E-state index contributed by atoms with van der Waals surface area (Å²) in [4.78, 5) is 32.5. The van der Waals surface area contributed by atoms with Gasteiger partial charge in [0.05, 0.1) is 11.4 Å². The summed E-state index contributed by atoms with van der Waals surface area (Å²) in [5.41, 5.74) is 10.1. The van der Waals surface area contributed by atoms with Crippen LogP contribution in [0.1, 0.15) is 45.8 Å². The van der Waals surface area contributed by atoms with Crippen molar-refractivity contribution in [3.05, 3.63) is 52.8 Å². The number of anilines is 2. The highest BCUT2D eigenvalue weighted by atomic mass is 16.2. The standard InChI is InChI=1S/C20H20N6O2/c1-20(2)8-12-9-22-19(21)24-15(12)17-14(20)16(25-26(17)3)18(28)23-13-6-4-5-11(7-13)10-27/h4-7,9-10H,8H2,1-3H3,(H,23,28)(H2,21,22,24). The summed E-state index contributed by atoms with van der Waals surface area (Å²) in [5.74, 6) is -0.152. The Morgan fingerprint density at radius 3 is 2.89 bits per heavy atom. The van der Waals surface area contributed by atoms with Crippen LogP contribution in [0.25, 0.3) is 11.4 Å². The van der Waals surface area contributed by atoms with Gasteiger partial charge in [-0.1, -0.05) is 26.0 Å². The van der Waals surface area contributed by atoms with Crippen LogP contribution >= 0.6 is 0 Å². The molecular formula is C20H20N6O2. The number of carbonyl (C=O) groups is 2. The maximum atomic E-state index is 13.0. The lowest BCUT2D eigenvalue weighted by Crippen LogP contribution is -2.29. The molecule has 142 valence electrons. The van der Waals surface area contributed by atoms with Crippen LogP contribution in [-0.4, -0.2) is 31.9 Å². The Hall–Kier alpha value is -3.55. The maximum Gasteiger partial charge on any atom is 0.276 e. The molecular weight excluding hydrogens is 356 g/mol. The van der Waals surface area contributed by atoms with Gasteiger partial charge in [0.2, 0.25) is 5.95 Å². The van der Waals surface area contributed by atoms with Crippen molar-refractivity contribution in [2.75, 3.05) is 11.1 Å². The number of rotatable bonds is 3. The molecule has 0 aliphatic heterocycles. The number of nitrogens with zero attached hydrogens (tertiary/aromatic N) is 4. The van der Waals surface area contributed by atoms with Crippen LogP contribution in [-0.2, 0) is 18.9 Å². The van der Waals surface area contributed by atoms with Crippen molar-refractivity contribution in [2.45, 2.75) is 25.7 Å². The third-order valence-electron chi connectivity index (χ3n) is 4.96. The Kier molecular flexibility index (Phi) is 3.99. The number of nitrogen functional groups attached to an aromatic ring is 1. The van der Waals surface area contributed by atoms with Gasteiger partial charge in [-0.05, 0) is 29.5 Å². The molecule has 0 spiro atoms. The first-order chi connectivity index (χ1) is 13.3. The lowest BCUT2D eigenvalue weighted by molar-refractivity contribution is 0.101. The number of nitrogens with two attached hydrogens (primary N) is 1. The number of carbonyl (C=O) groups excluding carboxylic acids is 2. The summed E-state index contributed by atoms with van der Waals surface area (Å²) in [6.45, 7) is 4.13. The number of benzene rings is 1. The molecule has 2 aromatic heterocycles. The molecule has 1 aliphatic carbocycles. The van der Waals surface area contributed by atoms with Crippen molar-refractivity contribution in [3.8, 4) is 11.4 Å². The third-order valence-corrected chi connectivity index (χ3v) is 4.96. The van der Waals surface area contributed by atoms with Gasteiger partial charge in [0, 0.05) is 30.1 Å². The predicted molar refractivity (Wildman–Crippen MR) is 105 cm³/mol. The number of nitrogens with one attached hydrogen (secondary N) is 1. The van der Waals surface area contributed by atoms with Gasteiger partial charge in [0.15, 0.2) is 5.69 Å². The Morgan fingerprint density at radius 1 is 1.36 bits per heavy atom. The lowest BCUT2D eigenvalue weighted by atomic mass is 9.73. The number of amides is 1. The molecule has 8 heteroatoms. The molecule has 0 fully saturated rings. The number of aldehydes is 1. The molecule has 1 aliphatic rings. The van der Waals surface area contributed by atoms with Crippen molar-refractivity contribution in [1.82, 2.24) is 19.7 Å². The van der Waals surface area contributed by atoms with Gasteiger partial charge in [0.25, 0.3) is 5.91 Å². The molecule has 0 radical (unpaired) electrons. The fraction of sp³-hybridized carbons (Fsp3) is 0.250. The fourth-order valence-electron chi connectivity index (χ4n) is 3.79. The van der Waals surface area contributed by atoms with E-state index in [4.69, 9.17) is 5.73 Å². The van der Waals surface area contributed by atoms with E-state index in [1.807, 2.05) is 0 Å². The minimum Gasteiger partial charge on any atom is -0.368 e. The van der Waals surface area contributed by atoms with E-state index >= 15 is 0 Å². The summed E-state index contributed by atoms with van der Waals surface area (Å²) >= 11 is 0. The van der Waals surface area contributed by atoms with Crippen LogP contribution in [0.5, 0.6) is 0 Å². The zero-order valence-electron chi connectivity index (χ0n) is 15.9. The minimum absolute atomic E-state index is 0.183. The van der Waals surface area contributed by atoms with Crippen molar-refractivity contribution >= 4 is 23.8 Å². The first kappa shape index (κ1) is 17.8. The Labute approximate surface area is 161 Å². The average Bonchev–Trinajstić information content (AvgIpc) is 3.01. The molecule has 0 saturated heterocycles. The van der Waals surface area contributed by atoms with Gasteiger partial charge >= 0.3 is 0 Å². The highest BCUT2D eigenvalue weighted by Crippen LogP contribution is 2.43. The molecule has 4 rings (SSSR count). The van der Waals surface area contributed by atoms with E-state index < -0.39 is 0 Å². The Bertz CT molecular complexity index is 1120. The van der Waals surface area contributed by atoms with Crippen molar-refractivity contribution in [2.24, 2.45) is 7.05 Å². The van der Waals surface area contributed by atoms with Crippen LogP contribution < -0.4 is 11.1 Å². The van der Waals surface area contributed by atoms with Crippen LogP contribution in [0.3, 0.4) is 0 Å². The molecule has 0 bridgehead atoms. The van der Waals surface area contributed by atoms with E-state index in [1.54, 1.807) is 42.2 Å². The highest BCUT2D eigenvalue weighted by Gasteiger charge is 2.39. The molecule has 28 heavy (non-hydrogen) atoms. The van der Waals surface area contributed by atoms with Crippen molar-refractivity contribution in [1.29, 1.82) is 0 Å². The van der Waals surface area contributed by atoms with Gasteiger partial charge in [-0.3, -0.25) is 14.3 Å². The molecule has 0 saturated carbocycles. The highest BCUT2D eigenvalue weighted by molar-refractivity contribution is 6.05. The second-order valence-electron chi connectivity index (χ2n) is 7.56. The molecule has 1 aromatic carbocycles. The van der Waals surface area contributed by atoms with Crippen LogP contribution in [0, 0.1) is 0 Å². The normalized spacial score (nSPS) is 14.1. The number of aryl methyl sites for hydroxylation is 1. The maximum absolute atomic E-state index is 13.0. The summed E-state index contributed by atoms with van der Waals surface area (Å²) in [6.07, 6.45) is 3.14. The monoisotopic (exact) mass is 376 g/mol. The molecule has 1 amide bonds. The second kappa shape index (κ2) is 6.26. The van der Waals surface area contributed by atoms with Crippen LogP contribution in [0.15, 0.2) is 30.5 Å². The van der Waals surface area contributed by atoms with Crippen LogP contribution in [0.2, 0.25) is 0 Å². The minimum atomic E-state index is -0.340. The number of aromatic nitrogens is 4. The zero-order valence-corrected chi connectivity index (χ0v) is 15.9. The first-order valence-electron chi connectivity index (χ1n) is 8.86. The zero-order chi connectivity index (χ0) is 20.1.